The van der Waals surface area contributed by atoms with Crippen molar-refractivity contribution in [1.29, 1.82) is 0 Å². The summed E-state index contributed by atoms with van der Waals surface area (Å²) in [7, 11) is 0. The quantitative estimate of drug-likeness (QED) is 0.277. The molecule has 3 aromatic rings. The van der Waals surface area contributed by atoms with Crippen LogP contribution in [0.5, 0.6) is 0 Å². The van der Waals surface area contributed by atoms with E-state index in [9.17, 15) is 14.4 Å². The highest BCUT2D eigenvalue weighted by Crippen LogP contribution is 2.51. The SMILES string of the molecule is CSC(SCC1CC(C(=O)ON2C(=O)CCC2=O)C1)=C1c2ccccc2N(Cc2ccccc2)c2ccccc21. The second kappa shape index (κ2) is 11.6. The Morgan fingerprint density at radius 1 is 0.850 bits per heavy atom. The fourth-order valence-corrected chi connectivity index (χ4v) is 7.71. The smallest absolute Gasteiger partial charge is 0.336 e. The molecule has 0 spiro atoms. The van der Waals surface area contributed by atoms with Crippen LogP contribution in [-0.4, -0.2) is 34.9 Å². The van der Waals surface area contributed by atoms with Gasteiger partial charge in [-0.25, -0.2) is 4.79 Å². The van der Waals surface area contributed by atoms with Gasteiger partial charge in [0.15, 0.2) is 0 Å². The minimum absolute atomic E-state index is 0.110. The predicted molar refractivity (Wildman–Crippen MR) is 161 cm³/mol. The molecule has 8 heteroatoms. The summed E-state index contributed by atoms with van der Waals surface area (Å²) in [5.74, 6) is -0.336. The minimum atomic E-state index is -0.470. The Morgan fingerprint density at radius 2 is 1.43 bits per heavy atom. The van der Waals surface area contributed by atoms with Crippen molar-refractivity contribution in [2.24, 2.45) is 11.8 Å². The Morgan fingerprint density at radius 3 is 2.02 bits per heavy atom. The molecule has 0 radical (unpaired) electrons. The maximum absolute atomic E-state index is 12.5. The lowest BCUT2D eigenvalue weighted by atomic mass is 9.76. The van der Waals surface area contributed by atoms with Gasteiger partial charge in [-0.15, -0.1) is 28.6 Å². The van der Waals surface area contributed by atoms with E-state index in [1.807, 2.05) is 17.8 Å². The van der Waals surface area contributed by atoms with Crippen molar-refractivity contribution >= 4 is 58.3 Å². The number of hydroxylamine groups is 2. The number of carbonyl (C=O) groups is 3. The number of anilines is 2. The van der Waals surface area contributed by atoms with Gasteiger partial charge < -0.3 is 9.74 Å². The molecule has 204 valence electrons. The molecular formula is C32H30N2O4S2. The number of para-hydroxylation sites is 2. The van der Waals surface area contributed by atoms with Crippen LogP contribution in [0.2, 0.25) is 0 Å². The van der Waals surface area contributed by atoms with Gasteiger partial charge in [-0.1, -0.05) is 66.7 Å². The molecule has 3 aliphatic rings. The number of imide groups is 1. The van der Waals surface area contributed by atoms with E-state index >= 15 is 0 Å². The Hall–Kier alpha value is -3.49. The lowest BCUT2D eigenvalue weighted by Crippen LogP contribution is -2.39. The van der Waals surface area contributed by atoms with Crippen LogP contribution in [0.1, 0.15) is 42.4 Å². The highest BCUT2D eigenvalue weighted by Gasteiger charge is 2.40. The molecule has 1 saturated heterocycles. The number of hydrogen-bond donors (Lipinski definition) is 0. The molecule has 0 unspecified atom stereocenters. The van der Waals surface area contributed by atoms with Gasteiger partial charge in [0, 0.05) is 57.5 Å². The highest BCUT2D eigenvalue weighted by molar-refractivity contribution is 8.22. The predicted octanol–water partition coefficient (Wildman–Crippen LogP) is 6.78. The maximum Gasteiger partial charge on any atom is 0.336 e. The van der Waals surface area contributed by atoms with Gasteiger partial charge in [-0.05, 0) is 42.7 Å². The zero-order chi connectivity index (χ0) is 27.6. The zero-order valence-electron chi connectivity index (χ0n) is 22.2. The van der Waals surface area contributed by atoms with Crippen molar-refractivity contribution in [3.63, 3.8) is 0 Å². The van der Waals surface area contributed by atoms with E-state index in [0.717, 1.165) is 12.3 Å². The number of carbonyl (C=O) groups excluding carboxylic acids is 3. The van der Waals surface area contributed by atoms with Gasteiger partial charge in [-0.3, -0.25) is 9.59 Å². The molecular weight excluding hydrogens is 540 g/mol. The summed E-state index contributed by atoms with van der Waals surface area (Å²) in [5.41, 5.74) is 7.37. The third-order valence-corrected chi connectivity index (χ3v) is 10.2. The van der Waals surface area contributed by atoms with Crippen LogP contribution >= 0.6 is 23.5 Å². The Kier molecular flexibility index (Phi) is 7.71. The van der Waals surface area contributed by atoms with Crippen LogP contribution in [-0.2, 0) is 25.8 Å². The first-order chi connectivity index (χ1) is 19.5. The normalized spacial score (nSPS) is 19.7. The molecule has 40 heavy (non-hydrogen) atoms. The number of rotatable bonds is 8. The average molecular weight is 571 g/mol. The molecule has 2 heterocycles. The molecule has 0 aromatic heterocycles. The summed E-state index contributed by atoms with van der Waals surface area (Å²) in [4.78, 5) is 43.6. The lowest BCUT2D eigenvalue weighted by molar-refractivity contribution is -0.203. The maximum atomic E-state index is 12.5. The second-order valence-electron chi connectivity index (χ2n) is 10.3. The topological polar surface area (TPSA) is 66.9 Å². The molecule has 0 N–H and O–H groups in total. The summed E-state index contributed by atoms with van der Waals surface area (Å²) < 4.78 is 1.26. The molecule has 0 atom stereocenters. The first kappa shape index (κ1) is 26.7. The highest BCUT2D eigenvalue weighted by atomic mass is 32.2. The van der Waals surface area contributed by atoms with E-state index < -0.39 is 17.8 Å². The first-order valence-electron chi connectivity index (χ1n) is 13.5. The van der Waals surface area contributed by atoms with Crippen LogP contribution in [0.15, 0.2) is 83.1 Å². The van der Waals surface area contributed by atoms with E-state index in [-0.39, 0.29) is 18.8 Å². The Bertz CT molecular complexity index is 1420. The molecule has 6 nitrogen and oxygen atoms in total. The van der Waals surface area contributed by atoms with Gasteiger partial charge in [0.05, 0.1) is 5.92 Å². The van der Waals surface area contributed by atoms with Crippen LogP contribution in [0.25, 0.3) is 5.57 Å². The largest absolute Gasteiger partial charge is 0.336 e. The second-order valence-corrected chi connectivity index (χ2v) is 12.4. The fraction of sp³-hybridized carbons (Fsp3) is 0.281. The molecule has 2 aliphatic heterocycles. The van der Waals surface area contributed by atoms with Crippen molar-refractivity contribution in [2.75, 3.05) is 16.9 Å². The van der Waals surface area contributed by atoms with Gasteiger partial charge in [0.25, 0.3) is 11.8 Å². The Labute approximate surface area is 242 Å². The van der Waals surface area contributed by atoms with Gasteiger partial charge >= 0.3 is 5.97 Å². The van der Waals surface area contributed by atoms with Crippen LogP contribution in [0.3, 0.4) is 0 Å². The summed E-state index contributed by atoms with van der Waals surface area (Å²) in [6.45, 7) is 0.790. The molecule has 3 aromatic carbocycles. The van der Waals surface area contributed by atoms with Crippen molar-refractivity contribution < 1.29 is 19.2 Å². The standard InChI is InChI=1S/C32H30N2O4S2/c1-39-32(40-20-22-17-23(18-22)31(37)38-34-28(35)15-16-29(34)36)30-24-11-5-7-13-26(24)33(19-21-9-3-2-4-10-21)27-14-8-6-12-25(27)30/h2-14,22-23H,15-20H2,1H3. The monoisotopic (exact) mass is 570 g/mol. The summed E-state index contributed by atoms with van der Waals surface area (Å²) in [6, 6.07) is 27.8. The molecule has 1 saturated carbocycles. The number of amides is 2. The third kappa shape index (κ3) is 5.18. The molecule has 2 amide bonds. The van der Waals surface area contributed by atoms with Gasteiger partial charge in [-0.2, -0.15) is 0 Å². The molecule has 1 aliphatic carbocycles. The number of fused-ring (bicyclic) bond motifs is 2. The number of benzene rings is 3. The van der Waals surface area contributed by atoms with E-state index in [1.54, 1.807) is 11.8 Å². The molecule has 6 rings (SSSR count). The third-order valence-electron chi connectivity index (χ3n) is 7.71. The van der Waals surface area contributed by atoms with Crippen molar-refractivity contribution in [1.82, 2.24) is 5.06 Å². The average Bonchev–Trinajstić information content (AvgIpc) is 3.27. The van der Waals surface area contributed by atoms with Crippen LogP contribution in [0.4, 0.5) is 11.4 Å². The Balaban J connectivity index is 1.20. The minimum Gasteiger partial charge on any atom is -0.336 e. The fourth-order valence-electron chi connectivity index (χ4n) is 5.59. The lowest BCUT2D eigenvalue weighted by Gasteiger charge is -2.36. The van der Waals surface area contributed by atoms with E-state index in [4.69, 9.17) is 4.84 Å². The number of nitrogens with zero attached hydrogens (tertiary/aromatic N) is 2. The van der Waals surface area contributed by atoms with Crippen LogP contribution < -0.4 is 4.90 Å². The molecule has 0 bridgehead atoms. The summed E-state index contributed by atoms with van der Waals surface area (Å²) in [6.07, 6.45) is 3.76. The van der Waals surface area contributed by atoms with E-state index in [0.29, 0.717) is 23.8 Å². The van der Waals surface area contributed by atoms with Crippen molar-refractivity contribution in [3.8, 4) is 0 Å². The zero-order valence-corrected chi connectivity index (χ0v) is 23.9. The molecule has 2 fully saturated rings. The summed E-state index contributed by atoms with van der Waals surface area (Å²) >= 11 is 3.61. The van der Waals surface area contributed by atoms with Crippen LogP contribution in [0, 0.1) is 11.8 Å². The number of hydrogen-bond acceptors (Lipinski definition) is 7. The van der Waals surface area contributed by atoms with Crippen molar-refractivity contribution in [2.45, 2.75) is 32.2 Å². The first-order valence-corrected chi connectivity index (χ1v) is 15.7. The van der Waals surface area contributed by atoms with Gasteiger partial charge in [0.2, 0.25) is 0 Å². The van der Waals surface area contributed by atoms with E-state index in [2.05, 4.69) is 84.0 Å². The van der Waals surface area contributed by atoms with Gasteiger partial charge in [0.1, 0.15) is 0 Å². The van der Waals surface area contributed by atoms with E-state index in [1.165, 1.54) is 37.9 Å². The number of thioether (sulfide) groups is 2. The summed E-state index contributed by atoms with van der Waals surface area (Å²) in [5, 5.41) is 0.652. The van der Waals surface area contributed by atoms with Crippen molar-refractivity contribution in [3.05, 3.63) is 99.8 Å².